The quantitative estimate of drug-likeness (QED) is 0.941. The van der Waals surface area contributed by atoms with Gasteiger partial charge in [0.25, 0.3) is 0 Å². The summed E-state index contributed by atoms with van der Waals surface area (Å²) in [5.41, 5.74) is 0.598. The van der Waals surface area contributed by atoms with Crippen molar-refractivity contribution in [1.29, 1.82) is 0 Å². The van der Waals surface area contributed by atoms with Crippen LogP contribution < -0.4 is 0 Å². The Kier molecular flexibility index (Phi) is 4.22. The second-order valence-electron chi connectivity index (χ2n) is 6.07. The Labute approximate surface area is 123 Å². The van der Waals surface area contributed by atoms with E-state index in [1.807, 2.05) is 0 Å². The number of aliphatic hydroxyl groups is 1. The Hall–Kier alpha value is -1.46. The van der Waals surface area contributed by atoms with Crippen molar-refractivity contribution in [2.45, 2.75) is 25.7 Å². The number of halogens is 1. The fourth-order valence-corrected chi connectivity index (χ4v) is 3.11. The topological polar surface area (TPSA) is 49.5 Å². The molecule has 1 aromatic carbocycles. The first-order valence-corrected chi connectivity index (χ1v) is 7.55. The maximum Gasteiger partial charge on any atom is 0.147 e. The van der Waals surface area contributed by atoms with Gasteiger partial charge in [-0.1, -0.05) is 12.1 Å². The van der Waals surface area contributed by atoms with Crippen LogP contribution in [0.5, 0.6) is 0 Å². The molecule has 21 heavy (non-hydrogen) atoms. The molecule has 5 heteroatoms. The molecule has 1 atom stereocenters. The van der Waals surface area contributed by atoms with E-state index in [1.54, 1.807) is 6.07 Å². The van der Waals surface area contributed by atoms with Gasteiger partial charge in [0.05, 0.1) is 0 Å². The minimum atomic E-state index is -0.282. The first-order valence-electron chi connectivity index (χ1n) is 7.55. The smallest absolute Gasteiger partial charge is 0.147 e. The number of likely N-dealkylation sites (tertiary alicyclic amines) is 1. The van der Waals surface area contributed by atoms with E-state index in [2.05, 4.69) is 17.0 Å². The lowest BCUT2D eigenvalue weighted by atomic mass is 9.92. The van der Waals surface area contributed by atoms with Crippen molar-refractivity contribution in [3.63, 3.8) is 0 Å². The van der Waals surface area contributed by atoms with Gasteiger partial charge >= 0.3 is 0 Å². The van der Waals surface area contributed by atoms with Crippen LogP contribution in [0.3, 0.4) is 0 Å². The zero-order chi connectivity index (χ0) is 14.8. The molecule has 1 saturated heterocycles. The van der Waals surface area contributed by atoms with Crippen molar-refractivity contribution in [2.75, 3.05) is 26.2 Å². The molecular weight excluding hydrogens is 271 g/mol. The molecule has 0 unspecified atom stereocenters. The first kappa shape index (κ1) is 14.5. The predicted molar refractivity (Wildman–Crippen MR) is 78.6 cm³/mol. The molecule has 0 spiro atoms. The summed E-state index contributed by atoms with van der Waals surface area (Å²) < 4.78 is 18.7. The average molecular weight is 292 g/mol. The summed E-state index contributed by atoms with van der Waals surface area (Å²) >= 11 is 0. The van der Waals surface area contributed by atoms with Gasteiger partial charge < -0.3 is 14.5 Å². The summed E-state index contributed by atoms with van der Waals surface area (Å²) in [6.45, 7) is 5.23. The Balaban J connectivity index is 1.68. The second kappa shape index (κ2) is 6.12. The van der Waals surface area contributed by atoms with Gasteiger partial charge in [0.2, 0.25) is 0 Å². The molecule has 0 radical (unpaired) electrons. The van der Waals surface area contributed by atoms with Crippen molar-refractivity contribution in [2.24, 2.45) is 5.92 Å². The molecule has 0 amide bonds. The second-order valence-corrected chi connectivity index (χ2v) is 6.07. The van der Waals surface area contributed by atoms with E-state index in [0.29, 0.717) is 17.4 Å². The molecule has 0 saturated carbocycles. The highest BCUT2D eigenvalue weighted by Gasteiger charge is 2.26. The summed E-state index contributed by atoms with van der Waals surface area (Å²) in [5, 5.41) is 14.0. The summed E-state index contributed by atoms with van der Waals surface area (Å²) in [4.78, 5) is 2.38. The lowest BCUT2D eigenvalue weighted by Crippen LogP contribution is -2.36. The van der Waals surface area contributed by atoms with Crippen LogP contribution in [0.2, 0.25) is 0 Å². The Morgan fingerprint density at radius 2 is 2.19 bits per heavy atom. The van der Waals surface area contributed by atoms with Crippen molar-refractivity contribution in [1.82, 2.24) is 10.1 Å². The Morgan fingerprint density at radius 1 is 1.43 bits per heavy atom. The van der Waals surface area contributed by atoms with Crippen LogP contribution in [0.1, 0.15) is 31.4 Å². The van der Waals surface area contributed by atoms with Crippen LogP contribution in [-0.4, -0.2) is 41.4 Å². The van der Waals surface area contributed by atoms with Crippen molar-refractivity contribution in [3.8, 4) is 0 Å². The van der Waals surface area contributed by atoms with E-state index in [4.69, 9.17) is 9.63 Å². The first-order chi connectivity index (χ1) is 10.2. The van der Waals surface area contributed by atoms with E-state index in [9.17, 15) is 4.39 Å². The molecule has 1 aliphatic heterocycles. The molecule has 114 valence electrons. The van der Waals surface area contributed by atoms with Crippen LogP contribution in [0.25, 0.3) is 10.9 Å². The highest BCUT2D eigenvalue weighted by atomic mass is 19.1. The highest BCUT2D eigenvalue weighted by molar-refractivity contribution is 5.80. The average Bonchev–Trinajstić information content (AvgIpc) is 2.90. The minimum Gasteiger partial charge on any atom is -0.396 e. The molecule has 0 aliphatic carbocycles. The van der Waals surface area contributed by atoms with E-state index in [1.165, 1.54) is 12.1 Å². The summed E-state index contributed by atoms with van der Waals surface area (Å²) in [6.07, 6.45) is 2.03. The monoisotopic (exact) mass is 292 g/mol. The zero-order valence-electron chi connectivity index (χ0n) is 12.3. The highest BCUT2D eigenvalue weighted by Crippen LogP contribution is 2.33. The van der Waals surface area contributed by atoms with Gasteiger partial charge in [0.1, 0.15) is 17.1 Å². The van der Waals surface area contributed by atoms with Crippen LogP contribution >= 0.6 is 0 Å². The lowest BCUT2D eigenvalue weighted by Gasteiger charge is -2.32. The molecule has 0 bridgehead atoms. The van der Waals surface area contributed by atoms with Gasteiger partial charge in [-0.25, -0.2) is 4.39 Å². The number of rotatable bonds is 4. The Morgan fingerprint density at radius 3 is 2.90 bits per heavy atom. The number of nitrogens with zero attached hydrogens (tertiary/aromatic N) is 2. The molecule has 1 N–H and O–H groups in total. The molecule has 2 aromatic rings. The number of aliphatic hydroxyl groups excluding tert-OH is 1. The normalized spacial score (nSPS) is 19.2. The molecule has 4 nitrogen and oxygen atoms in total. The van der Waals surface area contributed by atoms with Gasteiger partial charge in [-0.3, -0.25) is 0 Å². The van der Waals surface area contributed by atoms with Crippen LogP contribution in [-0.2, 0) is 0 Å². The SMILES string of the molecule is C[C@@H](CO)CN1CCC(c2onc3cc(F)ccc23)CC1. The number of hydrogen-bond donors (Lipinski definition) is 1. The number of aromatic nitrogens is 1. The van der Waals surface area contributed by atoms with Crippen LogP contribution in [0.4, 0.5) is 4.39 Å². The fraction of sp³-hybridized carbons (Fsp3) is 0.562. The van der Waals surface area contributed by atoms with Gasteiger partial charge in [0.15, 0.2) is 0 Å². The third kappa shape index (κ3) is 3.09. The number of piperidine rings is 1. The van der Waals surface area contributed by atoms with Gasteiger partial charge in [-0.15, -0.1) is 0 Å². The van der Waals surface area contributed by atoms with E-state index < -0.39 is 0 Å². The maximum absolute atomic E-state index is 13.2. The fourth-order valence-electron chi connectivity index (χ4n) is 3.11. The summed E-state index contributed by atoms with van der Waals surface area (Å²) in [7, 11) is 0. The number of fused-ring (bicyclic) bond motifs is 1. The molecule has 1 aliphatic rings. The van der Waals surface area contributed by atoms with E-state index >= 15 is 0 Å². The van der Waals surface area contributed by atoms with Crippen LogP contribution in [0, 0.1) is 11.7 Å². The number of benzene rings is 1. The van der Waals surface area contributed by atoms with Crippen molar-refractivity contribution >= 4 is 10.9 Å². The van der Waals surface area contributed by atoms with E-state index in [0.717, 1.165) is 43.6 Å². The van der Waals surface area contributed by atoms with Crippen molar-refractivity contribution < 1.29 is 14.0 Å². The molecular formula is C16H21FN2O2. The third-order valence-corrected chi connectivity index (χ3v) is 4.31. The molecule has 1 fully saturated rings. The largest absolute Gasteiger partial charge is 0.396 e. The van der Waals surface area contributed by atoms with Gasteiger partial charge in [0, 0.05) is 30.5 Å². The molecule has 1 aromatic heterocycles. The van der Waals surface area contributed by atoms with Crippen molar-refractivity contribution in [3.05, 3.63) is 29.8 Å². The van der Waals surface area contributed by atoms with E-state index in [-0.39, 0.29) is 12.4 Å². The third-order valence-electron chi connectivity index (χ3n) is 4.31. The summed E-state index contributed by atoms with van der Waals surface area (Å²) in [6, 6.07) is 4.64. The maximum atomic E-state index is 13.2. The van der Waals surface area contributed by atoms with Gasteiger partial charge in [-0.05, 0) is 44.0 Å². The summed E-state index contributed by atoms with van der Waals surface area (Å²) in [5.74, 6) is 1.27. The van der Waals surface area contributed by atoms with Gasteiger partial charge in [-0.2, -0.15) is 0 Å². The van der Waals surface area contributed by atoms with Crippen LogP contribution in [0.15, 0.2) is 22.7 Å². The zero-order valence-corrected chi connectivity index (χ0v) is 12.3. The minimum absolute atomic E-state index is 0.234. The lowest BCUT2D eigenvalue weighted by molar-refractivity contribution is 0.143. The predicted octanol–water partition coefficient (Wildman–Crippen LogP) is 2.77. The standard InChI is InChI=1S/C16H21FN2O2/c1-11(10-20)9-19-6-4-12(5-7-19)16-14-3-2-13(17)8-15(14)18-21-16/h2-3,8,11-12,20H,4-7,9-10H2,1H3/t11-/m1/s1. The molecule has 3 rings (SSSR count). The Bertz CT molecular complexity index is 605. The molecule has 2 heterocycles. The number of hydrogen-bond acceptors (Lipinski definition) is 4.